The molecule has 6 nitrogen and oxygen atoms in total. The normalized spacial score (nSPS) is 21.6. The SMILES string of the molecule is CCCOC[C@@H]1CCN(c2nc(N)nc3c2CCNC3)C1. The summed E-state index contributed by atoms with van der Waals surface area (Å²) in [6, 6.07) is 0. The first-order valence-electron chi connectivity index (χ1n) is 7.96. The monoisotopic (exact) mass is 291 g/mol. The number of ether oxygens (including phenoxy) is 1. The number of nitrogens with two attached hydrogens (primary N) is 1. The fourth-order valence-corrected chi connectivity index (χ4v) is 3.18. The van der Waals surface area contributed by atoms with Crippen molar-refractivity contribution in [3.63, 3.8) is 0 Å². The van der Waals surface area contributed by atoms with Crippen LogP contribution in [-0.2, 0) is 17.7 Å². The van der Waals surface area contributed by atoms with Crippen LogP contribution in [0.25, 0.3) is 0 Å². The fourth-order valence-electron chi connectivity index (χ4n) is 3.18. The molecule has 3 N–H and O–H groups in total. The molecule has 0 aliphatic carbocycles. The predicted octanol–water partition coefficient (Wildman–Crippen LogP) is 0.957. The van der Waals surface area contributed by atoms with Gasteiger partial charge in [0.25, 0.3) is 0 Å². The van der Waals surface area contributed by atoms with Gasteiger partial charge in [-0.2, -0.15) is 4.98 Å². The zero-order chi connectivity index (χ0) is 14.7. The summed E-state index contributed by atoms with van der Waals surface area (Å²) in [7, 11) is 0. The molecule has 0 amide bonds. The molecule has 0 aromatic carbocycles. The van der Waals surface area contributed by atoms with Crippen molar-refractivity contribution in [3.05, 3.63) is 11.3 Å². The molecule has 1 aromatic rings. The molecule has 0 spiro atoms. The summed E-state index contributed by atoms with van der Waals surface area (Å²) in [5, 5.41) is 3.34. The summed E-state index contributed by atoms with van der Waals surface area (Å²) in [5.74, 6) is 2.04. The highest BCUT2D eigenvalue weighted by Crippen LogP contribution is 2.29. The van der Waals surface area contributed by atoms with Gasteiger partial charge in [0.1, 0.15) is 5.82 Å². The van der Waals surface area contributed by atoms with Gasteiger partial charge in [-0.05, 0) is 25.8 Å². The lowest BCUT2D eigenvalue weighted by Gasteiger charge is -2.25. The minimum Gasteiger partial charge on any atom is -0.381 e. The molecule has 1 atom stereocenters. The first-order chi connectivity index (χ1) is 10.3. The summed E-state index contributed by atoms with van der Waals surface area (Å²) in [6.07, 6.45) is 3.23. The smallest absolute Gasteiger partial charge is 0.222 e. The second kappa shape index (κ2) is 6.58. The number of rotatable bonds is 5. The molecule has 2 aliphatic heterocycles. The highest BCUT2D eigenvalue weighted by Gasteiger charge is 2.27. The molecular weight excluding hydrogens is 266 g/mol. The second-order valence-electron chi connectivity index (χ2n) is 5.93. The highest BCUT2D eigenvalue weighted by molar-refractivity contribution is 5.53. The average molecular weight is 291 g/mol. The Kier molecular flexibility index (Phi) is 4.55. The lowest BCUT2D eigenvalue weighted by atomic mass is 10.1. The Balaban J connectivity index is 1.71. The third-order valence-electron chi connectivity index (χ3n) is 4.22. The molecule has 6 heteroatoms. The largest absolute Gasteiger partial charge is 0.381 e. The highest BCUT2D eigenvalue weighted by atomic mass is 16.5. The average Bonchev–Trinajstić information content (AvgIpc) is 2.95. The Hall–Kier alpha value is -1.40. The maximum atomic E-state index is 5.88. The molecule has 21 heavy (non-hydrogen) atoms. The van der Waals surface area contributed by atoms with Crippen molar-refractivity contribution in [2.45, 2.75) is 32.7 Å². The number of nitrogen functional groups attached to an aromatic ring is 1. The summed E-state index contributed by atoms with van der Waals surface area (Å²) in [4.78, 5) is 11.3. The second-order valence-corrected chi connectivity index (χ2v) is 5.93. The van der Waals surface area contributed by atoms with Gasteiger partial charge in [-0.25, -0.2) is 4.98 Å². The topological polar surface area (TPSA) is 76.3 Å². The van der Waals surface area contributed by atoms with Crippen LogP contribution < -0.4 is 16.0 Å². The zero-order valence-electron chi connectivity index (χ0n) is 12.8. The van der Waals surface area contributed by atoms with Crippen molar-refractivity contribution in [2.75, 3.05) is 43.5 Å². The number of hydrogen-bond acceptors (Lipinski definition) is 6. The maximum Gasteiger partial charge on any atom is 0.222 e. The van der Waals surface area contributed by atoms with Crippen LogP contribution in [0.2, 0.25) is 0 Å². The van der Waals surface area contributed by atoms with Crippen LogP contribution in [0.1, 0.15) is 31.0 Å². The lowest BCUT2D eigenvalue weighted by molar-refractivity contribution is 0.106. The van der Waals surface area contributed by atoms with Crippen molar-refractivity contribution in [3.8, 4) is 0 Å². The van der Waals surface area contributed by atoms with Crippen LogP contribution in [0, 0.1) is 5.92 Å². The van der Waals surface area contributed by atoms with Crippen LogP contribution >= 0.6 is 0 Å². The molecule has 0 unspecified atom stereocenters. The molecule has 3 rings (SSSR count). The van der Waals surface area contributed by atoms with Gasteiger partial charge in [0.2, 0.25) is 5.95 Å². The van der Waals surface area contributed by atoms with E-state index in [1.54, 1.807) is 0 Å². The van der Waals surface area contributed by atoms with Crippen molar-refractivity contribution in [1.82, 2.24) is 15.3 Å². The Labute approximate surface area is 126 Å². The van der Waals surface area contributed by atoms with Crippen molar-refractivity contribution < 1.29 is 4.74 Å². The van der Waals surface area contributed by atoms with E-state index in [0.717, 1.165) is 63.7 Å². The number of hydrogen-bond donors (Lipinski definition) is 2. The minimum absolute atomic E-state index is 0.387. The van der Waals surface area contributed by atoms with E-state index in [1.807, 2.05) is 0 Å². The summed E-state index contributed by atoms with van der Waals surface area (Å²) < 4.78 is 5.69. The molecule has 2 aliphatic rings. The van der Waals surface area contributed by atoms with Crippen LogP contribution in [-0.4, -0.2) is 42.8 Å². The minimum atomic E-state index is 0.387. The molecule has 1 saturated heterocycles. The van der Waals surface area contributed by atoms with Gasteiger partial charge in [-0.1, -0.05) is 6.92 Å². The molecular formula is C15H25N5O. The Morgan fingerprint density at radius 1 is 1.43 bits per heavy atom. The van der Waals surface area contributed by atoms with Crippen LogP contribution in [0.3, 0.4) is 0 Å². The van der Waals surface area contributed by atoms with E-state index in [2.05, 4.69) is 27.1 Å². The van der Waals surface area contributed by atoms with E-state index < -0.39 is 0 Å². The lowest BCUT2D eigenvalue weighted by Crippen LogP contribution is -2.30. The van der Waals surface area contributed by atoms with Crippen LogP contribution in [0.4, 0.5) is 11.8 Å². The molecule has 116 valence electrons. The number of fused-ring (bicyclic) bond motifs is 1. The molecule has 3 heterocycles. The molecule has 1 fully saturated rings. The Morgan fingerprint density at radius 2 is 2.33 bits per heavy atom. The van der Waals surface area contributed by atoms with Gasteiger partial charge in [0.15, 0.2) is 0 Å². The van der Waals surface area contributed by atoms with E-state index in [-0.39, 0.29) is 0 Å². The van der Waals surface area contributed by atoms with Crippen molar-refractivity contribution in [1.29, 1.82) is 0 Å². The molecule has 1 aromatic heterocycles. The van der Waals surface area contributed by atoms with Gasteiger partial charge in [-0.3, -0.25) is 0 Å². The first-order valence-corrected chi connectivity index (χ1v) is 7.96. The van der Waals surface area contributed by atoms with E-state index in [4.69, 9.17) is 10.5 Å². The van der Waals surface area contributed by atoms with Crippen LogP contribution in [0.15, 0.2) is 0 Å². The van der Waals surface area contributed by atoms with Crippen molar-refractivity contribution >= 4 is 11.8 Å². The van der Waals surface area contributed by atoms with Gasteiger partial charge in [0, 0.05) is 37.7 Å². The number of aromatic nitrogens is 2. The third-order valence-corrected chi connectivity index (χ3v) is 4.22. The van der Waals surface area contributed by atoms with E-state index in [9.17, 15) is 0 Å². The van der Waals surface area contributed by atoms with Crippen LogP contribution in [0.5, 0.6) is 0 Å². The quantitative estimate of drug-likeness (QED) is 0.787. The van der Waals surface area contributed by atoms with Crippen molar-refractivity contribution in [2.24, 2.45) is 5.92 Å². The molecule has 0 bridgehead atoms. The van der Waals surface area contributed by atoms with E-state index >= 15 is 0 Å². The maximum absolute atomic E-state index is 5.88. The number of nitrogens with one attached hydrogen (secondary N) is 1. The van der Waals surface area contributed by atoms with Gasteiger partial charge >= 0.3 is 0 Å². The van der Waals surface area contributed by atoms with Gasteiger partial charge in [0.05, 0.1) is 12.3 Å². The number of anilines is 2. The summed E-state index contributed by atoms with van der Waals surface area (Å²) >= 11 is 0. The Bertz CT molecular complexity index is 493. The van der Waals surface area contributed by atoms with E-state index in [1.165, 1.54) is 12.0 Å². The van der Waals surface area contributed by atoms with Gasteiger partial charge < -0.3 is 20.7 Å². The Morgan fingerprint density at radius 3 is 3.19 bits per heavy atom. The third kappa shape index (κ3) is 3.27. The number of nitrogens with zero attached hydrogens (tertiary/aromatic N) is 3. The standard InChI is InChI=1S/C15H25N5O/c1-2-7-21-10-11-4-6-20(9-11)14-12-3-5-17-8-13(12)18-15(16)19-14/h11,17H,2-10H2,1H3,(H2,16,18,19)/t11-/m1/s1. The zero-order valence-corrected chi connectivity index (χ0v) is 12.8. The predicted molar refractivity (Wildman–Crippen MR) is 83.3 cm³/mol. The summed E-state index contributed by atoms with van der Waals surface area (Å²) in [5.41, 5.74) is 8.22. The van der Waals surface area contributed by atoms with E-state index in [0.29, 0.717) is 11.9 Å². The fraction of sp³-hybridized carbons (Fsp3) is 0.733. The molecule has 0 saturated carbocycles. The summed E-state index contributed by atoms with van der Waals surface area (Å²) in [6.45, 7) is 7.70. The molecule has 0 radical (unpaired) electrons. The first kappa shape index (κ1) is 14.5. The van der Waals surface area contributed by atoms with Gasteiger partial charge in [-0.15, -0.1) is 0 Å².